The lowest BCUT2D eigenvalue weighted by Crippen LogP contribution is -2.06. The minimum atomic E-state index is -0.116. The van der Waals surface area contributed by atoms with Gasteiger partial charge in [0.1, 0.15) is 0 Å². The number of carbonyl (C=O) groups excluding carboxylic acids is 2. The van der Waals surface area contributed by atoms with E-state index in [1.54, 1.807) is 24.3 Å². The summed E-state index contributed by atoms with van der Waals surface area (Å²) in [6, 6.07) is 6.89. The molecular weight excluding hydrogens is 258 g/mol. The Bertz CT molecular complexity index is 359. The van der Waals surface area contributed by atoms with E-state index in [0.29, 0.717) is 23.0 Å². The summed E-state index contributed by atoms with van der Waals surface area (Å²) in [7, 11) is 0. The molecule has 0 atom stereocenters. The van der Waals surface area contributed by atoms with Crippen molar-refractivity contribution in [1.82, 2.24) is 0 Å². The van der Waals surface area contributed by atoms with E-state index in [4.69, 9.17) is 0 Å². The van der Waals surface area contributed by atoms with Crippen LogP contribution in [0.2, 0.25) is 0 Å². The largest absolute Gasteiger partial charge is 0.326 e. The fourth-order valence-electron chi connectivity index (χ4n) is 1.17. The lowest BCUT2D eigenvalue weighted by Gasteiger charge is -2.03. The predicted octanol–water partition coefficient (Wildman–Crippen LogP) is 2.61. The van der Waals surface area contributed by atoms with Crippen LogP contribution < -0.4 is 5.32 Å². The number of Topliss-reactive ketones (excluding diaryl/α,β-unsaturated/α-hetero) is 1. The third-order valence-corrected chi connectivity index (χ3v) is 2.25. The molecule has 0 saturated heterocycles. The van der Waals surface area contributed by atoms with Crippen molar-refractivity contribution < 1.29 is 9.59 Å². The maximum atomic E-state index is 11.5. The van der Waals surface area contributed by atoms with Gasteiger partial charge in [-0.2, -0.15) is 0 Å². The van der Waals surface area contributed by atoms with Crippen LogP contribution in [0.1, 0.15) is 23.7 Å². The highest BCUT2D eigenvalue weighted by Crippen LogP contribution is 2.11. The van der Waals surface area contributed by atoms with Crippen LogP contribution in [-0.2, 0) is 4.79 Å². The highest BCUT2D eigenvalue weighted by molar-refractivity contribution is 9.09. The molecule has 0 bridgehead atoms. The standard InChI is InChI=1S/C11H12BrNO2/c1-8(14)13-10-4-2-9(3-5-10)11(15)6-7-12/h2-5H,6-7H2,1H3,(H,13,14). The molecule has 80 valence electrons. The molecule has 1 N–H and O–H groups in total. The monoisotopic (exact) mass is 269 g/mol. The van der Waals surface area contributed by atoms with Crippen LogP contribution in [0, 0.1) is 0 Å². The van der Waals surface area contributed by atoms with Gasteiger partial charge in [0.15, 0.2) is 5.78 Å². The van der Waals surface area contributed by atoms with Gasteiger partial charge in [-0.05, 0) is 24.3 Å². The number of alkyl halides is 1. The zero-order chi connectivity index (χ0) is 11.3. The number of benzene rings is 1. The molecule has 0 aromatic heterocycles. The van der Waals surface area contributed by atoms with Gasteiger partial charge in [-0.3, -0.25) is 9.59 Å². The molecule has 0 spiro atoms. The normalized spacial score (nSPS) is 9.73. The Kier molecular flexibility index (Phi) is 4.49. The van der Waals surface area contributed by atoms with E-state index < -0.39 is 0 Å². The van der Waals surface area contributed by atoms with E-state index in [1.807, 2.05) is 0 Å². The molecule has 1 aromatic rings. The molecule has 4 heteroatoms. The van der Waals surface area contributed by atoms with Crippen molar-refractivity contribution in [2.24, 2.45) is 0 Å². The van der Waals surface area contributed by atoms with E-state index in [1.165, 1.54) is 6.92 Å². The van der Waals surface area contributed by atoms with Gasteiger partial charge in [0.05, 0.1) is 0 Å². The number of amides is 1. The van der Waals surface area contributed by atoms with Gasteiger partial charge in [0, 0.05) is 29.9 Å². The number of rotatable bonds is 4. The second-order valence-electron chi connectivity index (χ2n) is 3.12. The summed E-state index contributed by atoms with van der Waals surface area (Å²) in [6.07, 6.45) is 0.486. The molecule has 1 amide bonds. The van der Waals surface area contributed by atoms with Gasteiger partial charge in [0.25, 0.3) is 0 Å². The number of hydrogen-bond donors (Lipinski definition) is 1. The van der Waals surface area contributed by atoms with Crippen LogP contribution in [0.5, 0.6) is 0 Å². The summed E-state index contributed by atoms with van der Waals surface area (Å²) < 4.78 is 0. The first-order valence-electron chi connectivity index (χ1n) is 4.60. The van der Waals surface area contributed by atoms with Gasteiger partial charge in [-0.15, -0.1) is 0 Å². The minimum Gasteiger partial charge on any atom is -0.326 e. The van der Waals surface area contributed by atoms with Crippen LogP contribution in [0.15, 0.2) is 24.3 Å². The lowest BCUT2D eigenvalue weighted by atomic mass is 10.1. The van der Waals surface area contributed by atoms with Gasteiger partial charge < -0.3 is 5.32 Å². The summed E-state index contributed by atoms with van der Waals surface area (Å²) in [5.41, 5.74) is 1.38. The zero-order valence-electron chi connectivity index (χ0n) is 8.42. The van der Waals surface area contributed by atoms with E-state index in [9.17, 15) is 9.59 Å². The Morgan fingerprint density at radius 1 is 1.27 bits per heavy atom. The Morgan fingerprint density at radius 3 is 2.33 bits per heavy atom. The first kappa shape index (κ1) is 11.9. The molecule has 15 heavy (non-hydrogen) atoms. The first-order valence-corrected chi connectivity index (χ1v) is 5.72. The molecule has 0 heterocycles. The molecule has 0 radical (unpaired) electrons. The predicted molar refractivity (Wildman–Crippen MR) is 63.5 cm³/mol. The Labute approximate surface area is 97.0 Å². The average Bonchev–Trinajstić information content (AvgIpc) is 2.18. The number of halogens is 1. The molecule has 0 unspecified atom stereocenters. The van der Waals surface area contributed by atoms with Crippen molar-refractivity contribution in [3.05, 3.63) is 29.8 Å². The number of hydrogen-bond acceptors (Lipinski definition) is 2. The maximum Gasteiger partial charge on any atom is 0.221 e. The van der Waals surface area contributed by atoms with Crippen LogP contribution in [0.4, 0.5) is 5.69 Å². The van der Waals surface area contributed by atoms with Gasteiger partial charge in [0.2, 0.25) is 5.91 Å². The smallest absolute Gasteiger partial charge is 0.221 e. The second kappa shape index (κ2) is 5.66. The zero-order valence-corrected chi connectivity index (χ0v) is 10.0. The third-order valence-electron chi connectivity index (χ3n) is 1.85. The van der Waals surface area contributed by atoms with Crippen molar-refractivity contribution in [2.45, 2.75) is 13.3 Å². The van der Waals surface area contributed by atoms with Crippen LogP contribution >= 0.6 is 15.9 Å². The van der Waals surface area contributed by atoms with Gasteiger partial charge >= 0.3 is 0 Å². The van der Waals surface area contributed by atoms with Gasteiger partial charge in [-0.25, -0.2) is 0 Å². The Hall–Kier alpha value is -1.16. The average molecular weight is 270 g/mol. The number of anilines is 1. The second-order valence-corrected chi connectivity index (χ2v) is 3.91. The summed E-state index contributed by atoms with van der Waals surface area (Å²) in [5.74, 6) is -0.0178. The number of nitrogens with one attached hydrogen (secondary N) is 1. The highest BCUT2D eigenvalue weighted by atomic mass is 79.9. The van der Waals surface area contributed by atoms with Crippen molar-refractivity contribution in [2.75, 3.05) is 10.6 Å². The first-order chi connectivity index (χ1) is 7.13. The van der Waals surface area contributed by atoms with Crippen molar-refractivity contribution >= 4 is 33.3 Å². The van der Waals surface area contributed by atoms with Crippen molar-refractivity contribution in [3.63, 3.8) is 0 Å². The van der Waals surface area contributed by atoms with Crippen LogP contribution in [0.3, 0.4) is 0 Å². The molecule has 0 saturated carbocycles. The summed E-state index contributed by atoms with van der Waals surface area (Å²) in [6.45, 7) is 1.45. The summed E-state index contributed by atoms with van der Waals surface area (Å²) in [5, 5.41) is 3.31. The van der Waals surface area contributed by atoms with E-state index in [2.05, 4.69) is 21.2 Å². The number of ketones is 1. The molecule has 1 rings (SSSR count). The Balaban J connectivity index is 2.71. The Morgan fingerprint density at radius 2 is 1.87 bits per heavy atom. The van der Waals surface area contributed by atoms with Crippen molar-refractivity contribution in [3.8, 4) is 0 Å². The molecule has 0 aliphatic carbocycles. The quantitative estimate of drug-likeness (QED) is 0.675. The molecular formula is C11H12BrNO2. The highest BCUT2D eigenvalue weighted by Gasteiger charge is 2.04. The molecule has 1 aromatic carbocycles. The lowest BCUT2D eigenvalue weighted by molar-refractivity contribution is -0.114. The minimum absolute atomic E-state index is 0.0984. The van der Waals surface area contributed by atoms with E-state index in [0.717, 1.165) is 0 Å². The fourth-order valence-corrected chi connectivity index (χ4v) is 1.53. The third kappa shape index (κ3) is 3.83. The molecule has 0 aliphatic rings. The number of carbonyl (C=O) groups is 2. The maximum absolute atomic E-state index is 11.5. The fraction of sp³-hybridized carbons (Fsp3) is 0.273. The molecule has 0 fully saturated rings. The summed E-state index contributed by atoms with van der Waals surface area (Å²) >= 11 is 3.22. The van der Waals surface area contributed by atoms with Crippen LogP contribution in [-0.4, -0.2) is 17.0 Å². The van der Waals surface area contributed by atoms with E-state index >= 15 is 0 Å². The molecule has 3 nitrogen and oxygen atoms in total. The van der Waals surface area contributed by atoms with Crippen LogP contribution in [0.25, 0.3) is 0 Å². The molecule has 0 aliphatic heterocycles. The van der Waals surface area contributed by atoms with E-state index in [-0.39, 0.29) is 11.7 Å². The summed E-state index contributed by atoms with van der Waals surface area (Å²) in [4.78, 5) is 22.2. The van der Waals surface area contributed by atoms with Gasteiger partial charge in [-0.1, -0.05) is 15.9 Å². The van der Waals surface area contributed by atoms with Crippen molar-refractivity contribution in [1.29, 1.82) is 0 Å². The SMILES string of the molecule is CC(=O)Nc1ccc(C(=O)CCBr)cc1. The topological polar surface area (TPSA) is 46.2 Å².